The SMILES string of the molecule is COCCNc1ccc([N+](=O)[O-])cc1C(F)F. The average molecular weight is 246 g/mol. The van der Waals surface area contributed by atoms with E-state index in [4.69, 9.17) is 4.74 Å². The summed E-state index contributed by atoms with van der Waals surface area (Å²) in [5.74, 6) is 0. The van der Waals surface area contributed by atoms with E-state index in [9.17, 15) is 18.9 Å². The van der Waals surface area contributed by atoms with E-state index in [2.05, 4.69) is 5.32 Å². The molecule has 0 saturated heterocycles. The quantitative estimate of drug-likeness (QED) is 0.476. The van der Waals surface area contributed by atoms with Crippen molar-refractivity contribution in [2.75, 3.05) is 25.6 Å². The molecular weight excluding hydrogens is 234 g/mol. The molecule has 5 nitrogen and oxygen atoms in total. The summed E-state index contributed by atoms with van der Waals surface area (Å²) in [6.45, 7) is 0.716. The van der Waals surface area contributed by atoms with Gasteiger partial charge in [-0.25, -0.2) is 8.78 Å². The van der Waals surface area contributed by atoms with E-state index in [-0.39, 0.29) is 16.9 Å². The van der Waals surface area contributed by atoms with Gasteiger partial charge in [0.25, 0.3) is 12.1 Å². The summed E-state index contributed by atoms with van der Waals surface area (Å²) in [6, 6.07) is 3.33. The first kappa shape index (κ1) is 13.3. The molecule has 0 fully saturated rings. The molecule has 1 N–H and O–H groups in total. The van der Waals surface area contributed by atoms with Gasteiger partial charge in [0.2, 0.25) is 0 Å². The van der Waals surface area contributed by atoms with Crippen LogP contribution in [-0.4, -0.2) is 25.2 Å². The number of nitrogens with one attached hydrogen (secondary N) is 1. The minimum Gasteiger partial charge on any atom is -0.383 e. The molecular formula is C10H12F2N2O3. The zero-order valence-electron chi connectivity index (χ0n) is 9.15. The van der Waals surface area contributed by atoms with Gasteiger partial charge in [-0.3, -0.25) is 10.1 Å². The summed E-state index contributed by atoms with van der Waals surface area (Å²) >= 11 is 0. The van der Waals surface area contributed by atoms with E-state index in [1.807, 2.05) is 0 Å². The van der Waals surface area contributed by atoms with E-state index in [1.54, 1.807) is 0 Å². The van der Waals surface area contributed by atoms with E-state index >= 15 is 0 Å². The number of hydrogen-bond donors (Lipinski definition) is 1. The molecule has 0 aliphatic carbocycles. The third kappa shape index (κ3) is 3.63. The first-order valence-corrected chi connectivity index (χ1v) is 4.85. The van der Waals surface area contributed by atoms with Crippen LogP contribution in [-0.2, 0) is 4.74 Å². The highest BCUT2D eigenvalue weighted by atomic mass is 19.3. The van der Waals surface area contributed by atoms with Crippen LogP contribution >= 0.6 is 0 Å². The molecule has 0 bridgehead atoms. The Kier molecular flexibility index (Phi) is 4.77. The Balaban J connectivity index is 2.92. The Hall–Kier alpha value is -1.76. The number of benzene rings is 1. The molecule has 0 spiro atoms. The minimum absolute atomic E-state index is 0.183. The summed E-state index contributed by atoms with van der Waals surface area (Å²) in [5, 5.41) is 13.2. The molecule has 0 aliphatic rings. The molecule has 0 saturated carbocycles. The minimum atomic E-state index is -2.76. The zero-order chi connectivity index (χ0) is 12.8. The van der Waals surface area contributed by atoms with Gasteiger partial charge in [-0.15, -0.1) is 0 Å². The van der Waals surface area contributed by atoms with E-state index in [0.29, 0.717) is 13.2 Å². The smallest absolute Gasteiger partial charge is 0.270 e. The highest BCUT2D eigenvalue weighted by molar-refractivity contribution is 5.56. The van der Waals surface area contributed by atoms with E-state index < -0.39 is 11.3 Å². The Morgan fingerprint density at radius 2 is 2.24 bits per heavy atom. The lowest BCUT2D eigenvalue weighted by atomic mass is 10.1. The molecule has 0 unspecified atom stereocenters. The molecule has 0 heterocycles. The largest absolute Gasteiger partial charge is 0.383 e. The molecule has 0 aliphatic heterocycles. The van der Waals surface area contributed by atoms with Crippen LogP contribution in [0.1, 0.15) is 12.0 Å². The number of halogens is 2. The molecule has 7 heteroatoms. The van der Waals surface area contributed by atoms with Gasteiger partial charge >= 0.3 is 0 Å². The Labute approximate surface area is 96.5 Å². The van der Waals surface area contributed by atoms with Crippen molar-refractivity contribution in [3.05, 3.63) is 33.9 Å². The summed E-state index contributed by atoms with van der Waals surface area (Å²) in [4.78, 5) is 9.76. The van der Waals surface area contributed by atoms with E-state index in [1.165, 1.54) is 19.2 Å². The summed E-state index contributed by atoms with van der Waals surface area (Å²) in [6.07, 6.45) is -2.76. The summed E-state index contributed by atoms with van der Waals surface area (Å²) in [7, 11) is 1.49. The average Bonchev–Trinajstić information content (AvgIpc) is 2.29. The highest BCUT2D eigenvalue weighted by Crippen LogP contribution is 2.30. The van der Waals surface area contributed by atoms with Crippen molar-refractivity contribution < 1.29 is 18.4 Å². The molecule has 1 aromatic rings. The van der Waals surface area contributed by atoms with Gasteiger partial charge in [-0.1, -0.05) is 0 Å². The van der Waals surface area contributed by atoms with Gasteiger partial charge in [-0.05, 0) is 6.07 Å². The molecule has 0 radical (unpaired) electrons. The number of nitro benzene ring substituents is 1. The first-order chi connectivity index (χ1) is 8.06. The second-order valence-electron chi connectivity index (χ2n) is 3.25. The van der Waals surface area contributed by atoms with Crippen LogP contribution < -0.4 is 5.32 Å². The third-order valence-electron chi connectivity index (χ3n) is 2.10. The van der Waals surface area contributed by atoms with Crippen LogP contribution in [0.4, 0.5) is 20.2 Å². The van der Waals surface area contributed by atoms with Gasteiger partial charge in [0.1, 0.15) is 0 Å². The van der Waals surface area contributed by atoms with Crippen molar-refractivity contribution in [2.24, 2.45) is 0 Å². The van der Waals surface area contributed by atoms with Crippen molar-refractivity contribution >= 4 is 11.4 Å². The lowest BCUT2D eigenvalue weighted by Gasteiger charge is -2.10. The fraction of sp³-hybridized carbons (Fsp3) is 0.400. The number of anilines is 1. The fourth-order valence-corrected chi connectivity index (χ4v) is 1.29. The maximum atomic E-state index is 12.7. The number of rotatable bonds is 6. The molecule has 1 aromatic carbocycles. The maximum Gasteiger partial charge on any atom is 0.270 e. The zero-order valence-corrected chi connectivity index (χ0v) is 9.15. The predicted molar refractivity (Wildman–Crippen MR) is 58.4 cm³/mol. The van der Waals surface area contributed by atoms with Crippen LogP contribution in [0, 0.1) is 10.1 Å². The molecule has 94 valence electrons. The summed E-state index contributed by atoms with van der Waals surface area (Å²) < 4.78 is 30.1. The lowest BCUT2D eigenvalue weighted by Crippen LogP contribution is -2.09. The van der Waals surface area contributed by atoms with Gasteiger partial charge in [0.05, 0.1) is 11.5 Å². The molecule has 0 aromatic heterocycles. The number of ether oxygens (including phenoxy) is 1. The van der Waals surface area contributed by atoms with Crippen LogP contribution in [0.3, 0.4) is 0 Å². The van der Waals surface area contributed by atoms with Crippen LogP contribution in [0.25, 0.3) is 0 Å². The highest BCUT2D eigenvalue weighted by Gasteiger charge is 2.17. The Morgan fingerprint density at radius 1 is 1.53 bits per heavy atom. The Bertz CT molecular complexity index is 399. The monoisotopic (exact) mass is 246 g/mol. The number of methoxy groups -OCH3 is 1. The van der Waals surface area contributed by atoms with Crippen molar-refractivity contribution in [1.82, 2.24) is 0 Å². The maximum absolute atomic E-state index is 12.7. The van der Waals surface area contributed by atoms with Gasteiger partial charge in [0, 0.05) is 37.0 Å². The van der Waals surface area contributed by atoms with Crippen molar-refractivity contribution in [3.63, 3.8) is 0 Å². The lowest BCUT2D eigenvalue weighted by molar-refractivity contribution is -0.385. The van der Waals surface area contributed by atoms with Crippen LogP contribution in [0.2, 0.25) is 0 Å². The number of alkyl halides is 2. The van der Waals surface area contributed by atoms with Crippen molar-refractivity contribution in [3.8, 4) is 0 Å². The van der Waals surface area contributed by atoms with Gasteiger partial charge < -0.3 is 10.1 Å². The molecule has 0 atom stereocenters. The normalized spacial score (nSPS) is 10.6. The number of nitrogens with zero attached hydrogens (tertiary/aromatic N) is 1. The van der Waals surface area contributed by atoms with Gasteiger partial charge in [0.15, 0.2) is 0 Å². The fourth-order valence-electron chi connectivity index (χ4n) is 1.29. The topological polar surface area (TPSA) is 64.4 Å². The van der Waals surface area contributed by atoms with Gasteiger partial charge in [-0.2, -0.15) is 0 Å². The number of nitro groups is 1. The molecule has 17 heavy (non-hydrogen) atoms. The predicted octanol–water partition coefficient (Wildman–Crippen LogP) is 2.59. The number of non-ortho nitro benzene ring substituents is 1. The van der Waals surface area contributed by atoms with Crippen molar-refractivity contribution in [1.29, 1.82) is 0 Å². The molecule has 0 amide bonds. The van der Waals surface area contributed by atoms with Crippen molar-refractivity contribution in [2.45, 2.75) is 6.43 Å². The standard InChI is InChI=1S/C10H12F2N2O3/c1-17-5-4-13-9-3-2-7(14(15)16)6-8(9)10(11)12/h2-3,6,10,13H,4-5H2,1H3. The molecule has 1 rings (SSSR count). The van der Waals surface area contributed by atoms with Crippen LogP contribution in [0.15, 0.2) is 18.2 Å². The first-order valence-electron chi connectivity index (χ1n) is 4.85. The van der Waals surface area contributed by atoms with E-state index in [0.717, 1.165) is 6.07 Å². The van der Waals surface area contributed by atoms with Crippen LogP contribution in [0.5, 0.6) is 0 Å². The Morgan fingerprint density at radius 3 is 2.76 bits per heavy atom. The second-order valence-corrected chi connectivity index (χ2v) is 3.25. The number of hydrogen-bond acceptors (Lipinski definition) is 4. The second kappa shape index (κ2) is 6.09. The summed E-state index contributed by atoms with van der Waals surface area (Å²) in [5.41, 5.74) is -0.546. The third-order valence-corrected chi connectivity index (χ3v) is 2.10.